The van der Waals surface area contributed by atoms with Gasteiger partial charge in [0.05, 0.1) is 0 Å². The Morgan fingerprint density at radius 2 is 1.28 bits per heavy atom. The van der Waals surface area contributed by atoms with Crippen LogP contribution in [0.1, 0.15) is 73.2 Å². The molecule has 2 aromatic carbocycles. The summed E-state index contributed by atoms with van der Waals surface area (Å²) in [6.07, 6.45) is 2.27. The Labute approximate surface area is 172 Å². The second-order valence-electron chi connectivity index (χ2n) is 7.96. The quantitative estimate of drug-likeness (QED) is 0.641. The molecule has 6 heteroatoms. The van der Waals surface area contributed by atoms with Crippen molar-refractivity contribution in [3.63, 3.8) is 0 Å². The summed E-state index contributed by atoms with van der Waals surface area (Å²) < 4.78 is 0. The van der Waals surface area contributed by atoms with E-state index in [9.17, 15) is 14.4 Å². The first-order chi connectivity index (χ1) is 13.7. The van der Waals surface area contributed by atoms with Gasteiger partial charge < -0.3 is 5.32 Å². The van der Waals surface area contributed by atoms with Gasteiger partial charge >= 0.3 is 0 Å². The Morgan fingerprint density at radius 1 is 0.793 bits per heavy atom. The van der Waals surface area contributed by atoms with Crippen molar-refractivity contribution in [3.05, 3.63) is 65.2 Å². The molecule has 0 saturated carbocycles. The maximum absolute atomic E-state index is 12.2. The van der Waals surface area contributed by atoms with Crippen molar-refractivity contribution >= 4 is 23.4 Å². The fourth-order valence-corrected chi connectivity index (χ4v) is 2.65. The summed E-state index contributed by atoms with van der Waals surface area (Å²) in [5.74, 6) is -0.874. The molecule has 2 rings (SSSR count). The van der Waals surface area contributed by atoms with Crippen LogP contribution < -0.4 is 16.2 Å². The molecular weight excluding hydrogens is 366 g/mol. The third-order valence-electron chi connectivity index (χ3n) is 4.49. The van der Waals surface area contributed by atoms with Gasteiger partial charge in [-0.05, 0) is 53.8 Å². The fourth-order valence-electron chi connectivity index (χ4n) is 2.65. The van der Waals surface area contributed by atoms with Gasteiger partial charge in [0.1, 0.15) is 0 Å². The minimum absolute atomic E-state index is 0.00482. The molecule has 0 aliphatic heterocycles. The first-order valence-electron chi connectivity index (χ1n) is 9.82. The van der Waals surface area contributed by atoms with Crippen molar-refractivity contribution < 1.29 is 14.4 Å². The molecule has 0 heterocycles. The highest BCUT2D eigenvalue weighted by Crippen LogP contribution is 2.22. The third-order valence-corrected chi connectivity index (χ3v) is 4.49. The molecule has 29 heavy (non-hydrogen) atoms. The van der Waals surface area contributed by atoms with Gasteiger partial charge in [0.25, 0.3) is 11.8 Å². The van der Waals surface area contributed by atoms with Crippen LogP contribution in [0.15, 0.2) is 48.5 Å². The highest BCUT2D eigenvalue weighted by atomic mass is 16.2. The number of unbranched alkanes of at least 4 members (excludes halogenated alkanes) is 1. The summed E-state index contributed by atoms with van der Waals surface area (Å²) in [7, 11) is 0. The van der Waals surface area contributed by atoms with Crippen LogP contribution in [0.25, 0.3) is 0 Å². The van der Waals surface area contributed by atoms with E-state index in [0.717, 1.165) is 18.4 Å². The van der Waals surface area contributed by atoms with Crippen LogP contribution in [0.3, 0.4) is 0 Å². The van der Waals surface area contributed by atoms with Crippen LogP contribution in [-0.2, 0) is 10.2 Å². The van der Waals surface area contributed by atoms with Crippen LogP contribution in [0.5, 0.6) is 0 Å². The summed E-state index contributed by atoms with van der Waals surface area (Å²) in [4.78, 5) is 36.2. The minimum Gasteiger partial charge on any atom is -0.326 e. The highest BCUT2D eigenvalue weighted by molar-refractivity contribution is 5.99. The van der Waals surface area contributed by atoms with Gasteiger partial charge in [0.15, 0.2) is 0 Å². The zero-order valence-electron chi connectivity index (χ0n) is 17.5. The van der Waals surface area contributed by atoms with Gasteiger partial charge in [-0.2, -0.15) is 0 Å². The number of hydrazine groups is 1. The number of benzene rings is 2. The lowest BCUT2D eigenvalue weighted by Crippen LogP contribution is -2.41. The van der Waals surface area contributed by atoms with E-state index in [0.29, 0.717) is 23.2 Å². The predicted octanol–water partition coefficient (Wildman–Crippen LogP) is 4.19. The van der Waals surface area contributed by atoms with Gasteiger partial charge in [0, 0.05) is 23.2 Å². The first kappa shape index (κ1) is 22.1. The van der Waals surface area contributed by atoms with E-state index < -0.39 is 11.8 Å². The molecule has 0 aliphatic carbocycles. The van der Waals surface area contributed by atoms with Gasteiger partial charge in [-0.25, -0.2) is 0 Å². The molecule has 0 saturated heterocycles. The lowest BCUT2D eigenvalue weighted by molar-refractivity contribution is -0.116. The largest absolute Gasteiger partial charge is 0.326 e. The Bertz CT molecular complexity index is 850. The van der Waals surface area contributed by atoms with Crippen molar-refractivity contribution in [2.45, 2.75) is 52.4 Å². The zero-order chi connectivity index (χ0) is 21.4. The number of anilines is 1. The Kier molecular flexibility index (Phi) is 7.53. The van der Waals surface area contributed by atoms with Gasteiger partial charge in [0.2, 0.25) is 5.91 Å². The Hall–Kier alpha value is -3.15. The number of carbonyl (C=O) groups excluding carboxylic acids is 3. The molecule has 3 N–H and O–H groups in total. The maximum Gasteiger partial charge on any atom is 0.269 e. The molecule has 6 nitrogen and oxygen atoms in total. The highest BCUT2D eigenvalue weighted by Gasteiger charge is 2.15. The Morgan fingerprint density at radius 3 is 1.72 bits per heavy atom. The van der Waals surface area contributed by atoms with Gasteiger partial charge in [-0.15, -0.1) is 0 Å². The van der Waals surface area contributed by atoms with Crippen molar-refractivity contribution in [1.82, 2.24) is 10.9 Å². The molecule has 0 aliphatic rings. The minimum atomic E-state index is -0.437. The average Bonchev–Trinajstić information content (AvgIpc) is 2.70. The van der Waals surface area contributed by atoms with E-state index in [4.69, 9.17) is 0 Å². The lowest BCUT2D eigenvalue weighted by atomic mass is 9.87. The molecule has 0 unspecified atom stereocenters. The SMILES string of the molecule is CCCCC(=O)Nc1ccc(C(=O)NNC(=O)c2ccc(C(C)(C)C)cc2)cc1. The molecular formula is C23H29N3O3. The van der Waals surface area contributed by atoms with E-state index in [1.54, 1.807) is 36.4 Å². The zero-order valence-corrected chi connectivity index (χ0v) is 17.5. The van der Waals surface area contributed by atoms with Crippen LogP contribution in [-0.4, -0.2) is 17.7 Å². The van der Waals surface area contributed by atoms with Crippen LogP contribution in [0.2, 0.25) is 0 Å². The molecule has 0 spiro atoms. The summed E-state index contributed by atoms with van der Waals surface area (Å²) in [6.45, 7) is 8.33. The second-order valence-corrected chi connectivity index (χ2v) is 7.96. The van der Waals surface area contributed by atoms with E-state index in [2.05, 4.69) is 36.9 Å². The van der Waals surface area contributed by atoms with Crippen molar-refractivity contribution in [3.8, 4) is 0 Å². The van der Waals surface area contributed by atoms with Crippen LogP contribution >= 0.6 is 0 Å². The molecule has 0 bridgehead atoms. The molecule has 3 amide bonds. The van der Waals surface area contributed by atoms with E-state index >= 15 is 0 Å². The Balaban J connectivity index is 1.88. The molecule has 0 fully saturated rings. The smallest absolute Gasteiger partial charge is 0.269 e. The standard InChI is InChI=1S/C23H29N3O3/c1-5-6-7-20(27)24-19-14-10-17(11-15-19)22(29)26-25-21(28)16-8-12-18(13-9-16)23(2,3)4/h8-15H,5-7H2,1-4H3,(H,24,27)(H,25,28)(H,26,29). The third kappa shape index (κ3) is 6.75. The van der Waals surface area contributed by atoms with Crippen molar-refractivity contribution in [1.29, 1.82) is 0 Å². The van der Waals surface area contributed by atoms with E-state index in [1.165, 1.54) is 0 Å². The second kappa shape index (κ2) is 9.87. The molecule has 154 valence electrons. The number of hydrogen-bond acceptors (Lipinski definition) is 3. The summed E-state index contributed by atoms with van der Waals surface area (Å²) in [5, 5.41) is 2.79. The van der Waals surface area contributed by atoms with E-state index in [1.807, 2.05) is 19.1 Å². The summed E-state index contributed by atoms with van der Waals surface area (Å²) in [5.41, 5.74) is 7.42. The summed E-state index contributed by atoms with van der Waals surface area (Å²) >= 11 is 0. The molecule has 2 aromatic rings. The first-order valence-corrected chi connectivity index (χ1v) is 9.82. The number of carbonyl (C=O) groups is 3. The normalized spacial score (nSPS) is 10.9. The molecule has 0 radical (unpaired) electrons. The van der Waals surface area contributed by atoms with Gasteiger partial charge in [-0.3, -0.25) is 25.2 Å². The number of amides is 3. The van der Waals surface area contributed by atoms with Crippen LogP contribution in [0.4, 0.5) is 5.69 Å². The predicted molar refractivity (Wildman–Crippen MR) is 115 cm³/mol. The van der Waals surface area contributed by atoms with Crippen LogP contribution in [0, 0.1) is 0 Å². The monoisotopic (exact) mass is 395 g/mol. The topological polar surface area (TPSA) is 87.3 Å². The van der Waals surface area contributed by atoms with Crippen molar-refractivity contribution in [2.24, 2.45) is 0 Å². The number of hydrogen-bond donors (Lipinski definition) is 3. The maximum atomic E-state index is 12.2. The number of nitrogens with one attached hydrogen (secondary N) is 3. The molecule has 0 atom stereocenters. The van der Waals surface area contributed by atoms with Crippen molar-refractivity contribution in [2.75, 3.05) is 5.32 Å². The molecule has 0 aromatic heterocycles. The summed E-state index contributed by atoms with van der Waals surface area (Å²) in [6, 6.07) is 13.8. The van der Waals surface area contributed by atoms with E-state index in [-0.39, 0.29) is 11.3 Å². The number of rotatable bonds is 6. The average molecular weight is 396 g/mol. The van der Waals surface area contributed by atoms with Gasteiger partial charge in [-0.1, -0.05) is 46.2 Å². The fraction of sp³-hybridized carbons (Fsp3) is 0.348. The lowest BCUT2D eigenvalue weighted by Gasteiger charge is -2.19.